The number of piperidine rings is 1. The van der Waals surface area contributed by atoms with E-state index in [9.17, 15) is 4.79 Å². The number of methoxy groups -OCH3 is 3. The summed E-state index contributed by atoms with van der Waals surface area (Å²) in [5.41, 5.74) is 1.96. The van der Waals surface area contributed by atoms with Crippen LogP contribution in [0.25, 0.3) is 0 Å². The molecule has 0 atom stereocenters. The summed E-state index contributed by atoms with van der Waals surface area (Å²) < 4.78 is 17.9. The molecule has 0 unspecified atom stereocenters. The van der Waals surface area contributed by atoms with Crippen molar-refractivity contribution in [2.24, 2.45) is 0 Å². The first-order valence-corrected chi connectivity index (χ1v) is 9.28. The summed E-state index contributed by atoms with van der Waals surface area (Å²) in [5.74, 6) is 1.34. The summed E-state index contributed by atoms with van der Waals surface area (Å²) in [6.07, 6.45) is 1.97. The summed E-state index contributed by atoms with van der Waals surface area (Å²) in [7, 11) is 4.67. The fourth-order valence-corrected chi connectivity index (χ4v) is 3.45. The second-order valence-electron chi connectivity index (χ2n) is 6.67. The molecular weight excluding hydrogens is 362 g/mol. The lowest BCUT2D eigenvalue weighted by atomic mass is 10.1. The van der Waals surface area contributed by atoms with Crippen molar-refractivity contribution in [3.63, 3.8) is 0 Å². The molecule has 2 N–H and O–H groups in total. The Hall–Kier alpha value is -2.81. The lowest BCUT2D eigenvalue weighted by Crippen LogP contribution is -2.30. The number of carbonyl (C=O) groups excluding carboxylic acids is 1. The van der Waals surface area contributed by atoms with Gasteiger partial charge in [-0.25, -0.2) is 4.68 Å². The number of nitrogens with zero attached hydrogens (tertiary/aromatic N) is 3. The number of benzene rings is 1. The smallest absolute Gasteiger partial charge is 0.274 e. The van der Waals surface area contributed by atoms with Crippen molar-refractivity contribution < 1.29 is 19.0 Å². The summed E-state index contributed by atoms with van der Waals surface area (Å²) in [6, 6.07) is 3.89. The van der Waals surface area contributed by atoms with Gasteiger partial charge in [-0.15, -0.1) is 5.10 Å². The third-order valence-corrected chi connectivity index (χ3v) is 4.97. The Bertz CT molecular complexity index is 805. The molecule has 1 aliphatic rings. The number of ether oxygens (including phenoxy) is 3. The molecule has 152 valence electrons. The van der Waals surface area contributed by atoms with Crippen LogP contribution in [0.15, 0.2) is 12.1 Å². The highest BCUT2D eigenvalue weighted by Gasteiger charge is 2.23. The van der Waals surface area contributed by atoms with Crippen LogP contribution in [-0.4, -0.2) is 55.3 Å². The van der Waals surface area contributed by atoms with Crippen LogP contribution in [0, 0.1) is 6.92 Å². The van der Waals surface area contributed by atoms with Crippen molar-refractivity contribution in [3.8, 4) is 17.2 Å². The van der Waals surface area contributed by atoms with Gasteiger partial charge in [0.25, 0.3) is 5.91 Å². The molecule has 1 aliphatic heterocycles. The monoisotopic (exact) mass is 389 g/mol. The molecular formula is C19H27N5O4. The maximum Gasteiger partial charge on any atom is 0.274 e. The van der Waals surface area contributed by atoms with Gasteiger partial charge in [-0.05, 0) is 50.6 Å². The second kappa shape index (κ2) is 8.92. The number of nitrogens with one attached hydrogen (secondary N) is 2. The average Bonchev–Trinajstić information content (AvgIpc) is 3.13. The molecule has 2 aromatic rings. The topological polar surface area (TPSA) is 99.5 Å². The van der Waals surface area contributed by atoms with Gasteiger partial charge in [0.15, 0.2) is 17.2 Å². The van der Waals surface area contributed by atoms with Gasteiger partial charge in [-0.1, -0.05) is 5.21 Å². The minimum absolute atomic E-state index is 0.258. The van der Waals surface area contributed by atoms with Gasteiger partial charge in [0.2, 0.25) is 5.75 Å². The minimum atomic E-state index is -0.258. The van der Waals surface area contributed by atoms with E-state index in [4.69, 9.17) is 14.2 Å². The van der Waals surface area contributed by atoms with E-state index in [1.165, 1.54) is 0 Å². The van der Waals surface area contributed by atoms with Gasteiger partial charge in [0, 0.05) is 6.54 Å². The van der Waals surface area contributed by atoms with Crippen LogP contribution >= 0.6 is 0 Å². The Balaban J connectivity index is 1.71. The molecule has 1 aromatic heterocycles. The largest absolute Gasteiger partial charge is 0.493 e. The maximum absolute atomic E-state index is 12.6. The molecule has 2 heterocycles. The summed E-state index contributed by atoms with van der Waals surface area (Å²) in [4.78, 5) is 12.6. The zero-order valence-corrected chi connectivity index (χ0v) is 16.7. The zero-order chi connectivity index (χ0) is 20.1. The molecule has 0 aliphatic carbocycles. The van der Waals surface area contributed by atoms with Crippen LogP contribution < -0.4 is 24.8 Å². The Labute approximate surface area is 164 Å². The molecule has 0 spiro atoms. The normalized spacial score (nSPS) is 14.6. The van der Waals surface area contributed by atoms with Crippen molar-refractivity contribution >= 4 is 5.91 Å². The van der Waals surface area contributed by atoms with Crippen LogP contribution in [-0.2, 0) is 6.54 Å². The SMILES string of the molecule is COc1cc(CNC(=O)c2nnn(C3CCNCC3)c2C)cc(OC)c1OC. The van der Waals surface area contributed by atoms with Crippen molar-refractivity contribution in [1.82, 2.24) is 25.6 Å². The molecule has 9 nitrogen and oxygen atoms in total. The van der Waals surface area contributed by atoms with E-state index >= 15 is 0 Å². The number of carbonyl (C=O) groups is 1. The number of amides is 1. The lowest BCUT2D eigenvalue weighted by Gasteiger charge is -2.23. The van der Waals surface area contributed by atoms with E-state index in [0.717, 1.165) is 37.2 Å². The van der Waals surface area contributed by atoms with Gasteiger partial charge in [-0.3, -0.25) is 4.79 Å². The molecule has 1 aromatic carbocycles. The Morgan fingerprint density at radius 3 is 2.39 bits per heavy atom. The van der Waals surface area contributed by atoms with E-state index < -0.39 is 0 Å². The molecule has 9 heteroatoms. The van der Waals surface area contributed by atoms with Gasteiger partial charge in [-0.2, -0.15) is 0 Å². The van der Waals surface area contributed by atoms with Crippen LogP contribution in [0.2, 0.25) is 0 Å². The third kappa shape index (κ3) is 4.04. The first-order valence-electron chi connectivity index (χ1n) is 9.28. The van der Waals surface area contributed by atoms with E-state index in [1.54, 1.807) is 33.5 Å². The standard InChI is InChI=1S/C19H27N5O4/c1-12-17(22-23-24(12)14-5-7-20-8-6-14)19(25)21-11-13-9-15(26-2)18(28-4)16(10-13)27-3/h9-10,14,20H,5-8,11H2,1-4H3,(H,21,25). The van der Waals surface area contributed by atoms with E-state index in [2.05, 4.69) is 20.9 Å². The second-order valence-corrected chi connectivity index (χ2v) is 6.67. The van der Waals surface area contributed by atoms with Crippen LogP contribution in [0.5, 0.6) is 17.2 Å². The summed E-state index contributed by atoms with van der Waals surface area (Å²) in [6.45, 7) is 4.09. The van der Waals surface area contributed by atoms with Crippen molar-refractivity contribution in [2.75, 3.05) is 34.4 Å². The van der Waals surface area contributed by atoms with E-state index in [1.807, 2.05) is 11.6 Å². The average molecular weight is 389 g/mol. The highest BCUT2D eigenvalue weighted by molar-refractivity contribution is 5.93. The van der Waals surface area contributed by atoms with Gasteiger partial charge < -0.3 is 24.8 Å². The van der Waals surface area contributed by atoms with Crippen LogP contribution in [0.3, 0.4) is 0 Å². The molecule has 1 fully saturated rings. The first kappa shape index (κ1) is 19.9. The summed E-state index contributed by atoms with van der Waals surface area (Å²) in [5, 5.41) is 14.5. The lowest BCUT2D eigenvalue weighted by molar-refractivity contribution is 0.0945. The zero-order valence-electron chi connectivity index (χ0n) is 16.7. The molecule has 0 saturated carbocycles. The fraction of sp³-hybridized carbons (Fsp3) is 0.526. The van der Waals surface area contributed by atoms with Crippen molar-refractivity contribution in [3.05, 3.63) is 29.1 Å². The van der Waals surface area contributed by atoms with Gasteiger partial charge in [0.1, 0.15) is 0 Å². The molecule has 1 saturated heterocycles. The Kier molecular flexibility index (Phi) is 6.35. The van der Waals surface area contributed by atoms with E-state index in [-0.39, 0.29) is 11.9 Å². The van der Waals surface area contributed by atoms with Crippen LogP contribution in [0.4, 0.5) is 0 Å². The number of aromatic nitrogens is 3. The third-order valence-electron chi connectivity index (χ3n) is 4.97. The van der Waals surface area contributed by atoms with Gasteiger partial charge >= 0.3 is 0 Å². The highest BCUT2D eigenvalue weighted by Crippen LogP contribution is 2.38. The molecule has 28 heavy (non-hydrogen) atoms. The summed E-state index contributed by atoms with van der Waals surface area (Å²) >= 11 is 0. The molecule has 3 rings (SSSR count). The van der Waals surface area contributed by atoms with Crippen molar-refractivity contribution in [1.29, 1.82) is 0 Å². The highest BCUT2D eigenvalue weighted by atomic mass is 16.5. The van der Waals surface area contributed by atoms with Crippen molar-refractivity contribution in [2.45, 2.75) is 32.4 Å². The van der Waals surface area contributed by atoms with Gasteiger partial charge in [0.05, 0.1) is 33.1 Å². The predicted octanol–water partition coefficient (Wildman–Crippen LogP) is 1.47. The Morgan fingerprint density at radius 1 is 1.18 bits per heavy atom. The molecule has 1 amide bonds. The number of rotatable bonds is 7. The fourth-order valence-electron chi connectivity index (χ4n) is 3.45. The molecule has 0 bridgehead atoms. The number of hydrogen-bond acceptors (Lipinski definition) is 7. The predicted molar refractivity (Wildman–Crippen MR) is 103 cm³/mol. The molecule has 0 radical (unpaired) electrons. The Morgan fingerprint density at radius 2 is 1.82 bits per heavy atom. The quantitative estimate of drug-likeness (QED) is 0.740. The maximum atomic E-state index is 12.6. The first-order chi connectivity index (χ1) is 13.6. The minimum Gasteiger partial charge on any atom is -0.493 e. The van der Waals surface area contributed by atoms with E-state index in [0.29, 0.717) is 29.5 Å². The van der Waals surface area contributed by atoms with Crippen LogP contribution in [0.1, 0.15) is 40.6 Å². The number of hydrogen-bond donors (Lipinski definition) is 2.